The van der Waals surface area contributed by atoms with Crippen LogP contribution in [-0.4, -0.2) is 24.2 Å². The molecule has 0 radical (unpaired) electrons. The van der Waals surface area contributed by atoms with E-state index in [1.54, 1.807) is 0 Å². The summed E-state index contributed by atoms with van der Waals surface area (Å²) in [5.41, 5.74) is 0. The van der Waals surface area contributed by atoms with Crippen molar-refractivity contribution in [1.82, 2.24) is 10.6 Å². The lowest BCUT2D eigenvalue weighted by Crippen LogP contribution is -2.62. The van der Waals surface area contributed by atoms with Gasteiger partial charge in [-0.1, -0.05) is 0 Å². The van der Waals surface area contributed by atoms with E-state index in [0.717, 1.165) is 0 Å². The average Bonchev–Trinajstić information content (AvgIpc) is 1.84. The van der Waals surface area contributed by atoms with Gasteiger partial charge in [0.15, 0.2) is 0 Å². The molecule has 0 unspecified atom stereocenters. The molecule has 0 aromatic carbocycles. The maximum Gasteiger partial charge on any atom is 0.0193 e. The van der Waals surface area contributed by atoms with E-state index in [4.69, 9.17) is 0 Å². The Morgan fingerprint density at radius 1 is 0.600 bits per heavy atom. The molecule has 2 heteroatoms. The molecular formula is C8H18N2. The monoisotopic (exact) mass is 142 g/mol. The van der Waals surface area contributed by atoms with Gasteiger partial charge in [0.05, 0.1) is 0 Å². The van der Waals surface area contributed by atoms with E-state index in [9.17, 15) is 0 Å². The number of rotatable bonds is 0. The fourth-order valence-corrected chi connectivity index (χ4v) is 1.41. The molecule has 1 rings (SSSR count). The van der Waals surface area contributed by atoms with Gasteiger partial charge >= 0.3 is 0 Å². The fourth-order valence-electron chi connectivity index (χ4n) is 1.41. The Labute approximate surface area is 63.4 Å². The first-order valence-electron chi connectivity index (χ1n) is 4.13. The Balaban J connectivity index is 2.46. The van der Waals surface area contributed by atoms with Gasteiger partial charge in [-0.25, -0.2) is 0 Å². The second kappa shape index (κ2) is 2.89. The lowest BCUT2D eigenvalue weighted by molar-refractivity contribution is 0.250. The SMILES string of the molecule is C[C@@H]1N[C@@H](C)[C@@H](C)N[C@@H]1C. The molecule has 1 aliphatic heterocycles. The minimum Gasteiger partial charge on any atom is -0.309 e. The molecule has 0 aromatic rings. The van der Waals surface area contributed by atoms with Gasteiger partial charge in [-0.05, 0) is 27.7 Å². The first kappa shape index (κ1) is 8.02. The van der Waals surface area contributed by atoms with Crippen molar-refractivity contribution >= 4 is 0 Å². The molecule has 0 aliphatic carbocycles. The van der Waals surface area contributed by atoms with Crippen LogP contribution < -0.4 is 10.6 Å². The Morgan fingerprint density at radius 2 is 0.800 bits per heavy atom. The smallest absolute Gasteiger partial charge is 0.0193 e. The molecule has 0 bridgehead atoms. The van der Waals surface area contributed by atoms with Gasteiger partial charge < -0.3 is 10.6 Å². The van der Waals surface area contributed by atoms with E-state index in [0.29, 0.717) is 24.2 Å². The highest BCUT2D eigenvalue weighted by atomic mass is 15.1. The zero-order valence-electron chi connectivity index (χ0n) is 7.31. The van der Waals surface area contributed by atoms with E-state index in [1.165, 1.54) is 0 Å². The Kier molecular flexibility index (Phi) is 2.32. The van der Waals surface area contributed by atoms with Crippen LogP contribution in [0.3, 0.4) is 0 Å². The van der Waals surface area contributed by atoms with Crippen LogP contribution in [0.4, 0.5) is 0 Å². The first-order valence-corrected chi connectivity index (χ1v) is 4.13. The van der Waals surface area contributed by atoms with Crippen molar-refractivity contribution in [3.8, 4) is 0 Å². The van der Waals surface area contributed by atoms with E-state index < -0.39 is 0 Å². The van der Waals surface area contributed by atoms with E-state index in [-0.39, 0.29) is 0 Å². The van der Waals surface area contributed by atoms with Crippen LogP contribution in [0.1, 0.15) is 27.7 Å². The molecule has 4 atom stereocenters. The van der Waals surface area contributed by atoms with Crippen molar-refractivity contribution in [2.24, 2.45) is 0 Å². The maximum atomic E-state index is 3.52. The number of hydrogen-bond acceptors (Lipinski definition) is 2. The second-order valence-corrected chi connectivity index (χ2v) is 3.49. The predicted octanol–water partition coefficient (Wildman–Crippen LogP) is 0.733. The molecule has 10 heavy (non-hydrogen) atoms. The van der Waals surface area contributed by atoms with Crippen molar-refractivity contribution in [3.63, 3.8) is 0 Å². The van der Waals surface area contributed by atoms with Gasteiger partial charge in [-0.3, -0.25) is 0 Å². The molecule has 2 nitrogen and oxygen atoms in total. The van der Waals surface area contributed by atoms with Crippen LogP contribution in [0.5, 0.6) is 0 Å². The molecule has 2 N–H and O–H groups in total. The Bertz CT molecular complexity index is 87.8. The molecule has 1 heterocycles. The molecule has 0 amide bonds. The van der Waals surface area contributed by atoms with E-state index >= 15 is 0 Å². The first-order chi connectivity index (χ1) is 4.61. The summed E-state index contributed by atoms with van der Waals surface area (Å²) in [5.74, 6) is 0. The van der Waals surface area contributed by atoms with Crippen molar-refractivity contribution in [2.75, 3.05) is 0 Å². The highest BCUT2D eigenvalue weighted by molar-refractivity contribution is 4.89. The molecule has 60 valence electrons. The summed E-state index contributed by atoms with van der Waals surface area (Å²) >= 11 is 0. The minimum atomic E-state index is 0.603. The summed E-state index contributed by atoms with van der Waals surface area (Å²) < 4.78 is 0. The third kappa shape index (κ3) is 1.50. The van der Waals surface area contributed by atoms with Crippen LogP contribution in [0, 0.1) is 0 Å². The lowest BCUT2D eigenvalue weighted by atomic mass is 10.0. The van der Waals surface area contributed by atoms with Crippen LogP contribution in [0.15, 0.2) is 0 Å². The normalized spacial score (nSPS) is 49.2. The standard InChI is InChI=1S/C8H18N2/c1-5-6(2)10-8(4)7(3)9-5/h5-10H,1-4H3/t5-,6+,7-,8+. The van der Waals surface area contributed by atoms with Crippen LogP contribution in [0.2, 0.25) is 0 Å². The van der Waals surface area contributed by atoms with Gasteiger partial charge in [-0.15, -0.1) is 0 Å². The van der Waals surface area contributed by atoms with Gasteiger partial charge in [0.25, 0.3) is 0 Å². The molecule has 1 fully saturated rings. The van der Waals surface area contributed by atoms with Crippen molar-refractivity contribution in [3.05, 3.63) is 0 Å². The number of nitrogens with one attached hydrogen (secondary N) is 2. The topological polar surface area (TPSA) is 24.1 Å². The predicted molar refractivity (Wildman–Crippen MR) is 44.1 cm³/mol. The third-order valence-electron chi connectivity index (χ3n) is 2.55. The highest BCUT2D eigenvalue weighted by Gasteiger charge is 2.25. The fraction of sp³-hybridized carbons (Fsp3) is 1.00. The summed E-state index contributed by atoms with van der Waals surface area (Å²) in [4.78, 5) is 0. The summed E-state index contributed by atoms with van der Waals surface area (Å²) in [5, 5.41) is 7.03. The van der Waals surface area contributed by atoms with Gasteiger partial charge in [-0.2, -0.15) is 0 Å². The quantitative estimate of drug-likeness (QED) is 0.521. The average molecular weight is 142 g/mol. The van der Waals surface area contributed by atoms with Crippen LogP contribution in [0.25, 0.3) is 0 Å². The number of piperazine rings is 1. The molecule has 1 saturated heterocycles. The molecule has 0 aromatic heterocycles. The second-order valence-electron chi connectivity index (χ2n) is 3.49. The van der Waals surface area contributed by atoms with Crippen LogP contribution in [-0.2, 0) is 0 Å². The summed E-state index contributed by atoms with van der Waals surface area (Å²) in [6.07, 6.45) is 0. The van der Waals surface area contributed by atoms with Gasteiger partial charge in [0.1, 0.15) is 0 Å². The highest BCUT2D eigenvalue weighted by Crippen LogP contribution is 2.05. The third-order valence-corrected chi connectivity index (χ3v) is 2.55. The number of hydrogen-bond donors (Lipinski definition) is 2. The Hall–Kier alpha value is -0.0800. The van der Waals surface area contributed by atoms with Crippen molar-refractivity contribution in [1.29, 1.82) is 0 Å². The summed E-state index contributed by atoms with van der Waals surface area (Å²) in [6, 6.07) is 2.41. The molecule has 1 aliphatic rings. The van der Waals surface area contributed by atoms with E-state index in [1.807, 2.05) is 0 Å². The van der Waals surface area contributed by atoms with Crippen molar-refractivity contribution in [2.45, 2.75) is 51.9 Å². The maximum absolute atomic E-state index is 3.52. The largest absolute Gasteiger partial charge is 0.309 e. The minimum absolute atomic E-state index is 0.603. The van der Waals surface area contributed by atoms with Crippen LogP contribution >= 0.6 is 0 Å². The zero-order valence-corrected chi connectivity index (χ0v) is 7.31. The molecule has 0 spiro atoms. The van der Waals surface area contributed by atoms with Gasteiger partial charge in [0, 0.05) is 24.2 Å². The van der Waals surface area contributed by atoms with E-state index in [2.05, 4.69) is 38.3 Å². The molecular weight excluding hydrogens is 124 g/mol. The van der Waals surface area contributed by atoms with Crippen molar-refractivity contribution < 1.29 is 0 Å². The zero-order chi connectivity index (χ0) is 7.72. The summed E-state index contributed by atoms with van der Waals surface area (Å²) in [7, 11) is 0. The summed E-state index contributed by atoms with van der Waals surface area (Å²) in [6.45, 7) is 8.89. The Morgan fingerprint density at radius 3 is 1.00 bits per heavy atom. The molecule has 0 saturated carbocycles. The lowest BCUT2D eigenvalue weighted by Gasteiger charge is -2.38. The van der Waals surface area contributed by atoms with Gasteiger partial charge in [0.2, 0.25) is 0 Å².